The van der Waals surface area contributed by atoms with Crippen molar-refractivity contribution in [2.24, 2.45) is 5.73 Å². The summed E-state index contributed by atoms with van der Waals surface area (Å²) in [6, 6.07) is 2.97. The van der Waals surface area contributed by atoms with Crippen molar-refractivity contribution in [2.45, 2.75) is 32.7 Å². The zero-order chi connectivity index (χ0) is 15.6. The van der Waals surface area contributed by atoms with E-state index in [4.69, 9.17) is 10.5 Å². The molecule has 1 unspecified atom stereocenters. The fraction of sp³-hybridized carbons (Fsp3) is 0.375. The maximum Gasteiger partial charge on any atom is 0.141 e. The average Bonchev–Trinajstić information content (AvgIpc) is 2.43. The van der Waals surface area contributed by atoms with E-state index in [1.807, 2.05) is 20.8 Å². The highest BCUT2D eigenvalue weighted by atomic mass is 19.1. The Kier molecular flexibility index (Phi) is 4.23. The van der Waals surface area contributed by atoms with Gasteiger partial charge in [0, 0.05) is 29.4 Å². The van der Waals surface area contributed by atoms with Crippen molar-refractivity contribution in [2.75, 3.05) is 7.11 Å². The second-order valence-electron chi connectivity index (χ2n) is 5.50. The Balaban J connectivity index is 2.34. The number of nitrogens with two attached hydrogens (primary N) is 1. The first kappa shape index (κ1) is 15.4. The van der Waals surface area contributed by atoms with Gasteiger partial charge in [-0.2, -0.15) is 0 Å². The van der Waals surface area contributed by atoms with Crippen LogP contribution in [0.4, 0.5) is 4.39 Å². The maximum absolute atomic E-state index is 13.0. The van der Waals surface area contributed by atoms with Gasteiger partial charge in [-0.1, -0.05) is 0 Å². The van der Waals surface area contributed by atoms with Crippen LogP contribution in [0, 0.1) is 19.7 Å². The van der Waals surface area contributed by atoms with Crippen molar-refractivity contribution >= 4 is 0 Å². The molecule has 0 saturated carbocycles. The molecule has 2 aromatic rings. The molecule has 21 heavy (non-hydrogen) atoms. The van der Waals surface area contributed by atoms with Gasteiger partial charge in [0.2, 0.25) is 0 Å². The van der Waals surface area contributed by atoms with E-state index in [2.05, 4.69) is 9.97 Å². The zero-order valence-electron chi connectivity index (χ0n) is 12.8. The highest BCUT2D eigenvalue weighted by Crippen LogP contribution is 2.28. The predicted octanol–water partition coefficient (Wildman–Crippen LogP) is 2.66. The number of pyridine rings is 2. The number of nitrogens with zero attached hydrogens (tertiary/aromatic N) is 2. The highest BCUT2D eigenvalue weighted by molar-refractivity contribution is 5.41. The first-order valence-electron chi connectivity index (χ1n) is 6.75. The van der Waals surface area contributed by atoms with Crippen LogP contribution < -0.4 is 10.5 Å². The second-order valence-corrected chi connectivity index (χ2v) is 5.50. The van der Waals surface area contributed by atoms with Crippen LogP contribution in [-0.4, -0.2) is 17.1 Å². The minimum Gasteiger partial charge on any atom is -0.496 e. The summed E-state index contributed by atoms with van der Waals surface area (Å²) >= 11 is 0. The lowest BCUT2D eigenvalue weighted by molar-refractivity contribution is 0.404. The van der Waals surface area contributed by atoms with Crippen LogP contribution >= 0.6 is 0 Å². The average molecular weight is 289 g/mol. The minimum atomic E-state index is -0.730. The molecule has 0 aliphatic carbocycles. The molecule has 2 N–H and O–H groups in total. The molecular formula is C16H20FN3O. The summed E-state index contributed by atoms with van der Waals surface area (Å²) in [5.74, 6) is 0.448. The van der Waals surface area contributed by atoms with Gasteiger partial charge in [-0.05, 0) is 32.9 Å². The molecule has 2 aromatic heterocycles. The van der Waals surface area contributed by atoms with E-state index in [9.17, 15) is 4.39 Å². The van der Waals surface area contributed by atoms with E-state index in [1.165, 1.54) is 12.3 Å². The van der Waals surface area contributed by atoms with E-state index in [-0.39, 0.29) is 5.82 Å². The fourth-order valence-electron chi connectivity index (χ4n) is 2.40. The van der Waals surface area contributed by atoms with Gasteiger partial charge in [0.25, 0.3) is 0 Å². The summed E-state index contributed by atoms with van der Waals surface area (Å²) in [5, 5.41) is 0. The van der Waals surface area contributed by atoms with Crippen LogP contribution in [0.2, 0.25) is 0 Å². The molecule has 0 saturated heterocycles. The van der Waals surface area contributed by atoms with Crippen LogP contribution in [-0.2, 0) is 12.0 Å². The summed E-state index contributed by atoms with van der Waals surface area (Å²) < 4.78 is 18.4. The van der Waals surface area contributed by atoms with Crippen LogP contribution in [0.3, 0.4) is 0 Å². The minimum absolute atomic E-state index is 0.374. The van der Waals surface area contributed by atoms with Gasteiger partial charge in [0.05, 0.1) is 24.5 Å². The second kappa shape index (κ2) is 5.77. The normalized spacial score (nSPS) is 13.8. The quantitative estimate of drug-likeness (QED) is 0.940. The van der Waals surface area contributed by atoms with Crippen molar-refractivity contribution in [3.05, 3.63) is 52.9 Å². The van der Waals surface area contributed by atoms with Crippen molar-refractivity contribution in [3.8, 4) is 5.75 Å². The summed E-state index contributed by atoms with van der Waals surface area (Å²) in [6.45, 7) is 5.77. The lowest BCUT2D eigenvalue weighted by Crippen LogP contribution is -2.37. The number of aromatic nitrogens is 2. The molecule has 0 radical (unpaired) electrons. The predicted molar refractivity (Wildman–Crippen MR) is 79.7 cm³/mol. The van der Waals surface area contributed by atoms with Crippen molar-refractivity contribution in [3.63, 3.8) is 0 Å². The van der Waals surface area contributed by atoms with Crippen LogP contribution in [0.25, 0.3) is 0 Å². The molecule has 4 nitrogen and oxygen atoms in total. The monoisotopic (exact) mass is 289 g/mol. The molecule has 0 aromatic carbocycles. The van der Waals surface area contributed by atoms with Crippen molar-refractivity contribution in [1.82, 2.24) is 9.97 Å². The maximum atomic E-state index is 13.0. The Bertz CT molecular complexity index is 639. The summed E-state index contributed by atoms with van der Waals surface area (Å²) in [5.41, 5.74) is 9.06. The first-order chi connectivity index (χ1) is 9.85. The number of aryl methyl sites for hydroxylation is 1. The molecule has 5 heteroatoms. The number of hydrogen-bond donors (Lipinski definition) is 1. The third-order valence-electron chi connectivity index (χ3n) is 3.60. The van der Waals surface area contributed by atoms with Gasteiger partial charge in [0.15, 0.2) is 0 Å². The van der Waals surface area contributed by atoms with E-state index in [1.54, 1.807) is 19.4 Å². The van der Waals surface area contributed by atoms with Gasteiger partial charge in [0.1, 0.15) is 11.6 Å². The first-order valence-corrected chi connectivity index (χ1v) is 6.75. The molecule has 0 amide bonds. The van der Waals surface area contributed by atoms with Gasteiger partial charge in [-0.15, -0.1) is 0 Å². The van der Waals surface area contributed by atoms with E-state index in [0.717, 1.165) is 22.6 Å². The Morgan fingerprint density at radius 1 is 1.24 bits per heavy atom. The topological polar surface area (TPSA) is 61.0 Å². The Labute approximate surface area is 124 Å². The standard InChI is InChI=1S/C16H20FN3O/c1-10-8-19-13(11(2)15(10)21-4)7-16(3,18)14-6-5-12(17)9-20-14/h5-6,8-9H,7,18H2,1-4H3. The molecule has 1 atom stereocenters. The Hall–Kier alpha value is -2.01. The summed E-state index contributed by atoms with van der Waals surface area (Å²) in [6.07, 6.45) is 3.44. The van der Waals surface area contributed by atoms with Crippen LogP contribution in [0.1, 0.15) is 29.4 Å². The van der Waals surface area contributed by atoms with E-state index in [0.29, 0.717) is 12.1 Å². The van der Waals surface area contributed by atoms with Crippen molar-refractivity contribution < 1.29 is 9.13 Å². The SMILES string of the molecule is COc1c(C)cnc(CC(C)(N)c2ccc(F)cn2)c1C. The van der Waals surface area contributed by atoms with Gasteiger partial charge >= 0.3 is 0 Å². The van der Waals surface area contributed by atoms with Crippen molar-refractivity contribution in [1.29, 1.82) is 0 Å². The Morgan fingerprint density at radius 2 is 1.95 bits per heavy atom. The lowest BCUT2D eigenvalue weighted by atomic mass is 9.90. The summed E-state index contributed by atoms with van der Waals surface area (Å²) in [7, 11) is 1.64. The molecule has 0 spiro atoms. The molecule has 0 fully saturated rings. The number of rotatable bonds is 4. The van der Waals surface area contributed by atoms with Crippen LogP contribution in [0.15, 0.2) is 24.5 Å². The smallest absolute Gasteiger partial charge is 0.141 e. The molecular weight excluding hydrogens is 269 g/mol. The third kappa shape index (κ3) is 3.19. The summed E-state index contributed by atoms with van der Waals surface area (Å²) in [4.78, 5) is 8.53. The number of hydrogen-bond acceptors (Lipinski definition) is 4. The van der Waals surface area contributed by atoms with E-state index < -0.39 is 5.54 Å². The van der Waals surface area contributed by atoms with Gasteiger partial charge in [-0.3, -0.25) is 9.97 Å². The van der Waals surface area contributed by atoms with E-state index >= 15 is 0 Å². The third-order valence-corrected chi connectivity index (χ3v) is 3.60. The molecule has 0 bridgehead atoms. The lowest BCUT2D eigenvalue weighted by Gasteiger charge is -2.25. The zero-order valence-corrected chi connectivity index (χ0v) is 12.8. The van der Waals surface area contributed by atoms with Crippen LogP contribution in [0.5, 0.6) is 5.75 Å². The highest BCUT2D eigenvalue weighted by Gasteiger charge is 2.26. The number of ether oxygens (including phenoxy) is 1. The molecule has 0 aliphatic heterocycles. The largest absolute Gasteiger partial charge is 0.496 e. The number of methoxy groups -OCH3 is 1. The Morgan fingerprint density at radius 3 is 2.52 bits per heavy atom. The molecule has 2 rings (SSSR count). The van der Waals surface area contributed by atoms with Gasteiger partial charge in [-0.25, -0.2) is 4.39 Å². The molecule has 2 heterocycles. The van der Waals surface area contributed by atoms with Gasteiger partial charge < -0.3 is 10.5 Å². The fourth-order valence-corrected chi connectivity index (χ4v) is 2.40. The molecule has 0 aliphatic rings. The molecule has 112 valence electrons. The number of halogens is 1.